The van der Waals surface area contributed by atoms with Gasteiger partial charge in [0.15, 0.2) is 0 Å². The van der Waals surface area contributed by atoms with E-state index in [0.717, 1.165) is 5.69 Å². The predicted octanol–water partition coefficient (Wildman–Crippen LogP) is 3.12. The monoisotopic (exact) mass is 238 g/mol. The second kappa shape index (κ2) is 4.34. The molecule has 0 fully saturated rings. The lowest BCUT2D eigenvalue weighted by Gasteiger charge is -2.20. The van der Waals surface area contributed by atoms with Crippen LogP contribution >= 0.6 is 11.6 Å². The van der Waals surface area contributed by atoms with Crippen molar-refractivity contribution >= 4 is 28.9 Å². The summed E-state index contributed by atoms with van der Waals surface area (Å²) in [6, 6.07) is 5.74. The number of rotatable bonds is 1. The molecule has 1 atom stereocenters. The molecule has 0 radical (unpaired) electrons. The summed E-state index contributed by atoms with van der Waals surface area (Å²) in [5.41, 5.74) is 1.59. The van der Waals surface area contributed by atoms with Crippen LogP contribution < -0.4 is 10.6 Å². The predicted molar refractivity (Wildman–Crippen MR) is 66.9 cm³/mol. The fraction of sp³-hybridized carbons (Fsp3) is 0.417. The first-order valence-corrected chi connectivity index (χ1v) is 5.80. The molecule has 1 heterocycles. The molecular formula is C12H15ClN2O. The average Bonchev–Trinajstić information content (AvgIpc) is 2.38. The van der Waals surface area contributed by atoms with Crippen molar-refractivity contribution in [1.29, 1.82) is 0 Å². The molecule has 1 aliphatic rings. The maximum Gasteiger partial charge on any atom is 0.226 e. The molecule has 0 spiro atoms. The zero-order valence-corrected chi connectivity index (χ0v) is 10.1. The number of fused-ring (bicyclic) bond motifs is 1. The maximum absolute atomic E-state index is 11.7. The van der Waals surface area contributed by atoms with Crippen LogP contribution in [0.15, 0.2) is 18.2 Å². The lowest BCUT2D eigenvalue weighted by Crippen LogP contribution is -2.27. The molecule has 86 valence electrons. The third-order valence-electron chi connectivity index (χ3n) is 2.83. The van der Waals surface area contributed by atoms with Crippen LogP contribution in [-0.4, -0.2) is 11.9 Å². The van der Waals surface area contributed by atoms with E-state index in [9.17, 15) is 4.79 Å². The number of para-hydroxylation sites is 1. The molecule has 1 amide bonds. The van der Waals surface area contributed by atoms with Gasteiger partial charge in [-0.2, -0.15) is 0 Å². The Bertz CT molecular complexity index is 417. The van der Waals surface area contributed by atoms with Crippen molar-refractivity contribution in [3.05, 3.63) is 23.2 Å². The molecule has 1 aromatic carbocycles. The molecule has 0 aliphatic carbocycles. The zero-order chi connectivity index (χ0) is 11.7. The quantitative estimate of drug-likeness (QED) is 0.789. The molecule has 0 saturated carbocycles. The minimum atomic E-state index is 0.0121. The summed E-state index contributed by atoms with van der Waals surface area (Å²) in [6.45, 7) is 4.20. The molecule has 1 aromatic rings. The van der Waals surface area contributed by atoms with Gasteiger partial charge in [0.2, 0.25) is 5.91 Å². The Labute approximate surface area is 100 Å². The van der Waals surface area contributed by atoms with Crippen LogP contribution in [0.2, 0.25) is 5.02 Å². The summed E-state index contributed by atoms with van der Waals surface area (Å²) in [6.07, 6.45) is 0.475. The highest BCUT2D eigenvalue weighted by Gasteiger charge is 2.23. The van der Waals surface area contributed by atoms with Crippen molar-refractivity contribution in [3.63, 3.8) is 0 Å². The van der Waals surface area contributed by atoms with Crippen LogP contribution in [0.4, 0.5) is 11.4 Å². The van der Waals surface area contributed by atoms with E-state index in [1.165, 1.54) is 0 Å². The molecule has 3 nitrogen and oxygen atoms in total. The molecule has 0 saturated heterocycles. The fourth-order valence-corrected chi connectivity index (χ4v) is 2.04. The van der Waals surface area contributed by atoms with E-state index in [-0.39, 0.29) is 11.9 Å². The van der Waals surface area contributed by atoms with Crippen LogP contribution in [0.3, 0.4) is 0 Å². The van der Waals surface area contributed by atoms with Gasteiger partial charge < -0.3 is 10.6 Å². The maximum atomic E-state index is 11.7. The van der Waals surface area contributed by atoms with Gasteiger partial charge in [0.05, 0.1) is 16.4 Å². The van der Waals surface area contributed by atoms with Crippen molar-refractivity contribution in [1.82, 2.24) is 0 Å². The van der Waals surface area contributed by atoms with Gasteiger partial charge in [0.25, 0.3) is 0 Å². The van der Waals surface area contributed by atoms with E-state index in [1.807, 2.05) is 12.1 Å². The van der Waals surface area contributed by atoms with Gasteiger partial charge in [-0.1, -0.05) is 31.5 Å². The Hall–Kier alpha value is -1.22. The van der Waals surface area contributed by atoms with Gasteiger partial charge in [-0.15, -0.1) is 0 Å². The minimum absolute atomic E-state index is 0.0121. The van der Waals surface area contributed by atoms with Crippen LogP contribution in [0.5, 0.6) is 0 Å². The van der Waals surface area contributed by atoms with Crippen molar-refractivity contribution in [2.75, 3.05) is 10.6 Å². The highest BCUT2D eigenvalue weighted by molar-refractivity contribution is 6.34. The largest absolute Gasteiger partial charge is 0.380 e. The molecular weight excluding hydrogens is 224 g/mol. The molecule has 1 aliphatic heterocycles. The Kier molecular flexibility index (Phi) is 3.06. The topological polar surface area (TPSA) is 41.1 Å². The van der Waals surface area contributed by atoms with Crippen molar-refractivity contribution in [3.8, 4) is 0 Å². The summed E-state index contributed by atoms with van der Waals surface area (Å²) >= 11 is 6.05. The third-order valence-corrected chi connectivity index (χ3v) is 3.14. The molecule has 2 N–H and O–H groups in total. The zero-order valence-electron chi connectivity index (χ0n) is 9.38. The van der Waals surface area contributed by atoms with Crippen molar-refractivity contribution < 1.29 is 4.79 Å². The van der Waals surface area contributed by atoms with Gasteiger partial charge in [-0.3, -0.25) is 4.79 Å². The first-order valence-electron chi connectivity index (χ1n) is 5.43. The van der Waals surface area contributed by atoms with E-state index in [1.54, 1.807) is 6.07 Å². The van der Waals surface area contributed by atoms with Crippen LogP contribution in [0.25, 0.3) is 0 Å². The SMILES string of the molecule is CC(C)C1CC(=O)Nc2c(Cl)cccc2N1. The number of nitrogens with one attached hydrogen (secondary N) is 2. The summed E-state index contributed by atoms with van der Waals surface area (Å²) in [5, 5.41) is 6.78. The highest BCUT2D eigenvalue weighted by Crippen LogP contribution is 2.33. The lowest BCUT2D eigenvalue weighted by atomic mass is 10.0. The summed E-state index contributed by atoms with van der Waals surface area (Å²) in [4.78, 5) is 11.7. The first kappa shape index (κ1) is 11.3. The van der Waals surface area contributed by atoms with E-state index in [0.29, 0.717) is 23.0 Å². The van der Waals surface area contributed by atoms with Gasteiger partial charge in [-0.05, 0) is 18.1 Å². The summed E-state index contributed by atoms with van der Waals surface area (Å²) < 4.78 is 0. The van der Waals surface area contributed by atoms with E-state index < -0.39 is 0 Å². The van der Waals surface area contributed by atoms with E-state index >= 15 is 0 Å². The second-order valence-corrected chi connectivity index (χ2v) is 4.82. The highest BCUT2D eigenvalue weighted by atomic mass is 35.5. The van der Waals surface area contributed by atoms with Crippen molar-refractivity contribution in [2.45, 2.75) is 26.3 Å². The Balaban J connectivity index is 2.39. The second-order valence-electron chi connectivity index (χ2n) is 4.41. The van der Waals surface area contributed by atoms with Gasteiger partial charge in [0, 0.05) is 12.5 Å². The average molecular weight is 239 g/mol. The normalized spacial score (nSPS) is 19.8. The smallest absolute Gasteiger partial charge is 0.226 e. The van der Waals surface area contributed by atoms with Crippen molar-refractivity contribution in [2.24, 2.45) is 5.92 Å². The van der Waals surface area contributed by atoms with E-state index in [2.05, 4.69) is 24.5 Å². The Morgan fingerprint density at radius 3 is 2.88 bits per heavy atom. The molecule has 16 heavy (non-hydrogen) atoms. The number of anilines is 2. The number of hydrogen-bond donors (Lipinski definition) is 2. The van der Waals surface area contributed by atoms with Crippen LogP contribution in [0, 0.1) is 5.92 Å². The fourth-order valence-electron chi connectivity index (χ4n) is 1.81. The number of amides is 1. The van der Waals surface area contributed by atoms with Gasteiger partial charge >= 0.3 is 0 Å². The molecule has 0 bridgehead atoms. The Morgan fingerprint density at radius 2 is 2.19 bits per heavy atom. The summed E-state index contributed by atoms with van der Waals surface area (Å²) in [5.74, 6) is 0.411. The first-order chi connectivity index (χ1) is 7.58. The number of carbonyl (C=O) groups is 1. The summed E-state index contributed by atoms with van der Waals surface area (Å²) in [7, 11) is 0. The number of hydrogen-bond acceptors (Lipinski definition) is 2. The third kappa shape index (κ3) is 2.14. The van der Waals surface area contributed by atoms with E-state index in [4.69, 9.17) is 11.6 Å². The number of carbonyl (C=O) groups excluding carboxylic acids is 1. The standard InChI is InChI=1S/C12H15ClN2O/c1-7(2)10-6-11(16)15-12-8(13)4-3-5-9(12)14-10/h3-5,7,10,14H,6H2,1-2H3,(H,15,16). The number of benzene rings is 1. The van der Waals surface area contributed by atoms with Crippen LogP contribution in [0.1, 0.15) is 20.3 Å². The molecule has 1 unspecified atom stereocenters. The van der Waals surface area contributed by atoms with Gasteiger partial charge in [0.1, 0.15) is 0 Å². The molecule has 2 rings (SSSR count). The molecule has 0 aromatic heterocycles. The minimum Gasteiger partial charge on any atom is -0.380 e. The van der Waals surface area contributed by atoms with Crippen LogP contribution in [-0.2, 0) is 4.79 Å². The lowest BCUT2D eigenvalue weighted by molar-refractivity contribution is -0.116. The number of halogens is 1. The molecule has 4 heteroatoms. The Morgan fingerprint density at radius 1 is 1.44 bits per heavy atom. The van der Waals surface area contributed by atoms with Gasteiger partial charge in [-0.25, -0.2) is 0 Å².